The molecular weight excluding hydrogens is 120 g/mol. The van der Waals surface area contributed by atoms with Crippen LogP contribution in [0.4, 0.5) is 0 Å². The Morgan fingerprint density at radius 2 is 1.80 bits per heavy atom. The van der Waals surface area contributed by atoms with Crippen LogP contribution in [0.25, 0.3) is 0 Å². The first-order valence-electron chi connectivity index (χ1n) is 4.13. The van der Waals surface area contributed by atoms with E-state index in [-0.39, 0.29) is 0 Å². The Labute approximate surface area is 65.3 Å². The molecule has 0 aromatic heterocycles. The van der Waals surface area contributed by atoms with Crippen LogP contribution >= 0.6 is 0 Å². The van der Waals surface area contributed by atoms with E-state index in [2.05, 4.69) is 33.9 Å². The summed E-state index contributed by atoms with van der Waals surface area (Å²) in [7, 11) is 0. The minimum absolute atomic E-state index is 0.653. The molecule has 0 aromatic carbocycles. The normalized spacial score (nSPS) is 28.9. The monoisotopic (exact) mass is 140 g/mol. The summed E-state index contributed by atoms with van der Waals surface area (Å²) in [6, 6.07) is 0. The molecule has 1 rings (SSSR count). The maximum atomic E-state index is 3.00. The van der Waals surface area contributed by atoms with Gasteiger partial charge >= 0.3 is 0 Å². The van der Waals surface area contributed by atoms with Gasteiger partial charge in [-0.05, 0) is 17.8 Å². The fourth-order valence-electron chi connectivity index (χ4n) is 1.50. The van der Waals surface area contributed by atoms with Gasteiger partial charge in [0.15, 0.2) is 0 Å². The second kappa shape index (κ2) is 3.80. The Hall–Kier alpha value is -0.260. The molecular formula is C10H20. The third-order valence-electron chi connectivity index (χ3n) is 2.79. The van der Waals surface area contributed by atoms with E-state index in [1.165, 1.54) is 19.3 Å². The number of hydrogen-bond donors (Lipinski definition) is 0. The first kappa shape index (κ1) is 9.74. The predicted octanol–water partition coefficient (Wildman–Crippen LogP) is 3.63. The van der Waals surface area contributed by atoms with Gasteiger partial charge in [0, 0.05) is 0 Å². The summed E-state index contributed by atoms with van der Waals surface area (Å²) in [5, 5.41) is 0. The van der Waals surface area contributed by atoms with Crippen LogP contribution in [0.5, 0.6) is 0 Å². The van der Waals surface area contributed by atoms with Gasteiger partial charge in [-0.1, -0.05) is 33.6 Å². The zero-order chi connectivity index (χ0) is 8.20. The summed E-state index contributed by atoms with van der Waals surface area (Å²) in [5.41, 5.74) is 0.653. The van der Waals surface area contributed by atoms with E-state index in [4.69, 9.17) is 0 Å². The van der Waals surface area contributed by atoms with Crippen molar-refractivity contribution in [3.8, 4) is 0 Å². The van der Waals surface area contributed by atoms with E-state index in [1.54, 1.807) is 0 Å². The first-order chi connectivity index (χ1) is 4.63. The van der Waals surface area contributed by atoms with E-state index in [9.17, 15) is 0 Å². The molecule has 1 saturated carbocycles. The zero-order valence-electron chi connectivity index (χ0n) is 7.61. The van der Waals surface area contributed by atoms with E-state index in [0.29, 0.717) is 5.41 Å². The molecule has 10 heavy (non-hydrogen) atoms. The minimum atomic E-state index is 0.653. The van der Waals surface area contributed by atoms with Crippen molar-refractivity contribution in [3.05, 3.63) is 13.2 Å². The van der Waals surface area contributed by atoms with Crippen LogP contribution < -0.4 is 0 Å². The predicted molar refractivity (Wildman–Crippen MR) is 48.1 cm³/mol. The highest BCUT2D eigenvalue weighted by atomic mass is 14.4. The summed E-state index contributed by atoms with van der Waals surface area (Å²) in [6.07, 6.45) is 4.34. The molecule has 1 aliphatic rings. The van der Waals surface area contributed by atoms with Gasteiger partial charge in [0.05, 0.1) is 0 Å². The molecule has 1 fully saturated rings. The van der Waals surface area contributed by atoms with Crippen molar-refractivity contribution in [2.45, 2.75) is 40.0 Å². The van der Waals surface area contributed by atoms with Gasteiger partial charge < -0.3 is 0 Å². The summed E-state index contributed by atoms with van der Waals surface area (Å²) < 4.78 is 0. The molecule has 0 radical (unpaired) electrons. The van der Waals surface area contributed by atoms with Crippen molar-refractivity contribution in [1.29, 1.82) is 0 Å². The second-order valence-corrected chi connectivity index (χ2v) is 3.78. The minimum Gasteiger partial charge on any atom is -0.106 e. The average Bonchev–Trinajstić information content (AvgIpc) is 2.17. The smallest absolute Gasteiger partial charge is 0.0329 e. The van der Waals surface area contributed by atoms with Crippen molar-refractivity contribution < 1.29 is 0 Å². The summed E-state index contributed by atoms with van der Waals surface area (Å²) in [5.74, 6) is 0.961. The molecule has 60 valence electrons. The van der Waals surface area contributed by atoms with Crippen molar-refractivity contribution in [3.63, 3.8) is 0 Å². The second-order valence-electron chi connectivity index (χ2n) is 3.78. The zero-order valence-corrected chi connectivity index (χ0v) is 7.61. The van der Waals surface area contributed by atoms with Crippen molar-refractivity contribution in [1.82, 2.24) is 0 Å². The maximum absolute atomic E-state index is 3.00. The Morgan fingerprint density at radius 3 is 1.90 bits per heavy atom. The number of hydrogen-bond acceptors (Lipinski definition) is 0. The topological polar surface area (TPSA) is 0 Å². The van der Waals surface area contributed by atoms with Gasteiger partial charge in [-0.3, -0.25) is 0 Å². The summed E-state index contributed by atoms with van der Waals surface area (Å²) in [6.45, 7) is 13.1. The standard InChI is InChI=1S/C8H16.C2H4/c1-7-5-4-6-8(7,2)3;1-2/h7H,4-6H2,1-3H3;1-2H2/t7-;/m0./s1. The molecule has 1 aliphatic carbocycles. The highest BCUT2D eigenvalue weighted by Crippen LogP contribution is 2.41. The van der Waals surface area contributed by atoms with Gasteiger partial charge in [-0.25, -0.2) is 0 Å². The highest BCUT2D eigenvalue weighted by molar-refractivity contribution is 4.81. The molecule has 0 nitrogen and oxygen atoms in total. The van der Waals surface area contributed by atoms with Crippen LogP contribution in [-0.2, 0) is 0 Å². The Balaban J connectivity index is 0.000000371. The Kier molecular flexibility index (Phi) is 3.70. The molecule has 0 N–H and O–H groups in total. The fraction of sp³-hybridized carbons (Fsp3) is 0.800. The van der Waals surface area contributed by atoms with Crippen LogP contribution in [0.3, 0.4) is 0 Å². The molecule has 0 amide bonds. The highest BCUT2D eigenvalue weighted by Gasteiger charge is 2.30. The molecule has 0 heterocycles. The Bertz CT molecular complexity index is 92.2. The van der Waals surface area contributed by atoms with Crippen LogP contribution in [0.2, 0.25) is 0 Å². The first-order valence-corrected chi connectivity index (χ1v) is 4.13. The van der Waals surface area contributed by atoms with Crippen molar-refractivity contribution in [2.24, 2.45) is 11.3 Å². The molecule has 0 spiro atoms. The van der Waals surface area contributed by atoms with Crippen LogP contribution in [0.1, 0.15) is 40.0 Å². The maximum Gasteiger partial charge on any atom is -0.0329 e. The molecule has 0 saturated heterocycles. The molecule has 0 heteroatoms. The van der Waals surface area contributed by atoms with Gasteiger partial charge in [0.25, 0.3) is 0 Å². The van der Waals surface area contributed by atoms with Gasteiger partial charge in [0.2, 0.25) is 0 Å². The van der Waals surface area contributed by atoms with Gasteiger partial charge in [-0.15, -0.1) is 13.2 Å². The summed E-state index contributed by atoms with van der Waals surface area (Å²) in [4.78, 5) is 0. The molecule has 1 atom stereocenters. The van der Waals surface area contributed by atoms with E-state index in [0.717, 1.165) is 5.92 Å². The van der Waals surface area contributed by atoms with Crippen LogP contribution in [0, 0.1) is 11.3 Å². The lowest BCUT2D eigenvalue weighted by Gasteiger charge is -2.22. The van der Waals surface area contributed by atoms with Crippen LogP contribution in [-0.4, -0.2) is 0 Å². The largest absolute Gasteiger partial charge is 0.106 e. The van der Waals surface area contributed by atoms with Crippen molar-refractivity contribution in [2.75, 3.05) is 0 Å². The van der Waals surface area contributed by atoms with E-state index >= 15 is 0 Å². The lowest BCUT2D eigenvalue weighted by molar-refractivity contribution is 0.281. The molecule has 0 bridgehead atoms. The van der Waals surface area contributed by atoms with E-state index in [1.807, 2.05) is 0 Å². The van der Waals surface area contributed by atoms with Crippen LogP contribution in [0.15, 0.2) is 13.2 Å². The quantitative estimate of drug-likeness (QED) is 0.451. The molecule has 0 aliphatic heterocycles. The Morgan fingerprint density at radius 1 is 1.30 bits per heavy atom. The van der Waals surface area contributed by atoms with Gasteiger partial charge in [0.1, 0.15) is 0 Å². The number of rotatable bonds is 0. The fourth-order valence-corrected chi connectivity index (χ4v) is 1.50. The summed E-state index contributed by atoms with van der Waals surface area (Å²) >= 11 is 0. The van der Waals surface area contributed by atoms with E-state index < -0.39 is 0 Å². The van der Waals surface area contributed by atoms with Crippen molar-refractivity contribution >= 4 is 0 Å². The SMILES string of the molecule is C=C.C[C@H]1CCCC1(C)C. The molecule has 0 unspecified atom stereocenters. The molecule has 0 aromatic rings. The third kappa shape index (κ3) is 2.17. The lowest BCUT2D eigenvalue weighted by atomic mass is 9.83. The average molecular weight is 140 g/mol. The van der Waals surface area contributed by atoms with Gasteiger partial charge in [-0.2, -0.15) is 0 Å². The lowest BCUT2D eigenvalue weighted by Crippen LogP contribution is -2.13. The third-order valence-corrected chi connectivity index (χ3v) is 2.79.